The third-order valence-electron chi connectivity index (χ3n) is 6.12. The summed E-state index contributed by atoms with van der Waals surface area (Å²) in [6, 6.07) is 4.69. The summed E-state index contributed by atoms with van der Waals surface area (Å²) in [6.07, 6.45) is -4.84. The third-order valence-corrected chi connectivity index (χ3v) is 6.12. The maximum atomic E-state index is 13.1. The van der Waals surface area contributed by atoms with Gasteiger partial charge >= 0.3 is 18.3 Å². The van der Waals surface area contributed by atoms with E-state index in [0.29, 0.717) is 51.4 Å². The quantitative estimate of drug-likeness (QED) is 0.743. The van der Waals surface area contributed by atoms with Crippen molar-refractivity contribution in [2.75, 3.05) is 45.9 Å². The Morgan fingerprint density at radius 1 is 1.12 bits per heavy atom. The van der Waals surface area contributed by atoms with E-state index in [1.807, 2.05) is 0 Å². The van der Waals surface area contributed by atoms with Crippen LogP contribution in [-0.4, -0.2) is 83.9 Å². The van der Waals surface area contributed by atoms with E-state index in [-0.39, 0.29) is 30.5 Å². The number of hydrogen-bond donors (Lipinski definition) is 1. The standard InChI is InChI=1S/C22H30F3N3O4/c1-15(2)28(21(30)31)13-16-11-18(17-3-5-19(6-4-17)22(23,24)25)14-27(12-16)20(29)26-7-9-32-10-8-26/h3-6,15-16,18H,7-14H2,1-2H3,(H,30,31). The van der Waals surface area contributed by atoms with E-state index in [0.717, 1.165) is 12.1 Å². The van der Waals surface area contributed by atoms with Gasteiger partial charge in [-0.15, -0.1) is 0 Å². The van der Waals surface area contributed by atoms with Crippen LogP contribution in [0.3, 0.4) is 0 Å². The fraction of sp³-hybridized carbons (Fsp3) is 0.636. The zero-order valence-electron chi connectivity index (χ0n) is 18.3. The molecule has 2 unspecified atom stereocenters. The minimum atomic E-state index is -4.41. The zero-order valence-corrected chi connectivity index (χ0v) is 18.3. The molecule has 0 saturated carbocycles. The third kappa shape index (κ3) is 5.85. The molecule has 1 aromatic rings. The Morgan fingerprint density at radius 3 is 2.28 bits per heavy atom. The molecule has 32 heavy (non-hydrogen) atoms. The number of nitrogens with zero attached hydrogens (tertiary/aromatic N) is 3. The molecule has 0 aromatic heterocycles. The van der Waals surface area contributed by atoms with Crippen molar-refractivity contribution < 1.29 is 32.6 Å². The van der Waals surface area contributed by atoms with Gasteiger partial charge in [-0.25, -0.2) is 9.59 Å². The normalized spacial score (nSPS) is 22.2. The molecular weight excluding hydrogens is 427 g/mol. The predicted molar refractivity (Wildman–Crippen MR) is 112 cm³/mol. The first-order valence-corrected chi connectivity index (χ1v) is 10.8. The number of carbonyl (C=O) groups excluding carboxylic acids is 1. The SMILES string of the molecule is CC(C)N(CC1CC(c2ccc(C(F)(F)F)cc2)CN(C(=O)N2CCOCC2)C1)C(=O)O. The van der Waals surface area contributed by atoms with Crippen LogP contribution in [0.15, 0.2) is 24.3 Å². The minimum Gasteiger partial charge on any atom is -0.465 e. The Bertz CT molecular complexity index is 795. The summed E-state index contributed by atoms with van der Waals surface area (Å²) in [6.45, 7) is 6.53. The maximum Gasteiger partial charge on any atom is 0.416 e. The number of morpholine rings is 1. The fourth-order valence-corrected chi connectivity index (χ4v) is 4.42. The number of benzene rings is 1. The number of hydrogen-bond acceptors (Lipinski definition) is 3. The van der Waals surface area contributed by atoms with Gasteiger partial charge in [-0.3, -0.25) is 0 Å². The van der Waals surface area contributed by atoms with E-state index in [1.54, 1.807) is 23.6 Å². The summed E-state index contributed by atoms with van der Waals surface area (Å²) in [5, 5.41) is 9.56. The second kappa shape index (κ2) is 9.97. The van der Waals surface area contributed by atoms with Crippen LogP contribution in [0.25, 0.3) is 0 Å². The number of likely N-dealkylation sites (tertiary alicyclic amines) is 1. The van der Waals surface area contributed by atoms with Crippen LogP contribution in [0, 0.1) is 5.92 Å². The number of alkyl halides is 3. The molecule has 3 rings (SSSR count). The summed E-state index contributed by atoms with van der Waals surface area (Å²) in [7, 11) is 0. The molecule has 10 heteroatoms. The van der Waals surface area contributed by atoms with E-state index in [1.165, 1.54) is 17.0 Å². The lowest BCUT2D eigenvalue weighted by Gasteiger charge is -2.42. The van der Waals surface area contributed by atoms with Gasteiger partial charge in [0, 0.05) is 44.7 Å². The van der Waals surface area contributed by atoms with Crippen LogP contribution in [0.5, 0.6) is 0 Å². The molecule has 7 nitrogen and oxygen atoms in total. The topological polar surface area (TPSA) is 73.3 Å². The van der Waals surface area contributed by atoms with Crippen molar-refractivity contribution in [1.82, 2.24) is 14.7 Å². The first-order chi connectivity index (χ1) is 15.1. The van der Waals surface area contributed by atoms with Crippen molar-refractivity contribution in [1.29, 1.82) is 0 Å². The number of carbonyl (C=O) groups is 2. The molecule has 2 heterocycles. The second-order valence-corrected chi connectivity index (χ2v) is 8.73. The molecule has 178 valence electrons. The number of halogens is 3. The second-order valence-electron chi connectivity index (χ2n) is 8.73. The number of ether oxygens (including phenoxy) is 1. The van der Waals surface area contributed by atoms with Crippen molar-refractivity contribution in [2.24, 2.45) is 5.92 Å². The number of amides is 3. The molecule has 2 atom stereocenters. The molecule has 3 amide bonds. The van der Waals surface area contributed by atoms with Crippen LogP contribution < -0.4 is 0 Å². The Labute approximate surface area is 185 Å². The van der Waals surface area contributed by atoms with E-state index in [2.05, 4.69) is 0 Å². The molecule has 2 saturated heterocycles. The van der Waals surface area contributed by atoms with E-state index in [4.69, 9.17) is 4.74 Å². The van der Waals surface area contributed by atoms with Crippen molar-refractivity contribution >= 4 is 12.1 Å². The molecule has 2 aliphatic heterocycles. The Balaban J connectivity index is 1.82. The summed E-state index contributed by atoms with van der Waals surface area (Å²) in [5.41, 5.74) is 0.000572. The monoisotopic (exact) mass is 457 g/mol. The van der Waals surface area contributed by atoms with Crippen LogP contribution in [-0.2, 0) is 10.9 Å². The van der Waals surface area contributed by atoms with Crippen molar-refractivity contribution in [3.05, 3.63) is 35.4 Å². The average molecular weight is 457 g/mol. The lowest BCUT2D eigenvalue weighted by Crippen LogP contribution is -2.54. The van der Waals surface area contributed by atoms with Gasteiger partial charge < -0.3 is 24.5 Å². The smallest absolute Gasteiger partial charge is 0.416 e. The van der Waals surface area contributed by atoms with Gasteiger partial charge in [0.05, 0.1) is 18.8 Å². The summed E-state index contributed by atoms with van der Waals surface area (Å²) in [4.78, 5) is 29.6. The highest BCUT2D eigenvalue weighted by atomic mass is 19.4. The number of urea groups is 1. The molecule has 2 fully saturated rings. The minimum absolute atomic E-state index is 0.125. The predicted octanol–water partition coefficient (Wildman–Crippen LogP) is 3.95. The highest BCUT2D eigenvalue weighted by molar-refractivity contribution is 5.75. The van der Waals surface area contributed by atoms with Crippen molar-refractivity contribution in [2.45, 2.75) is 38.4 Å². The Morgan fingerprint density at radius 2 is 1.75 bits per heavy atom. The summed E-state index contributed by atoms with van der Waals surface area (Å²) < 4.78 is 44.2. The Hall–Kier alpha value is -2.49. The van der Waals surface area contributed by atoms with Crippen LogP contribution in [0.1, 0.15) is 37.3 Å². The Kier molecular flexibility index (Phi) is 7.53. The van der Waals surface area contributed by atoms with Crippen molar-refractivity contribution in [3.63, 3.8) is 0 Å². The maximum absolute atomic E-state index is 13.1. The van der Waals surface area contributed by atoms with Crippen LogP contribution >= 0.6 is 0 Å². The van der Waals surface area contributed by atoms with Gasteiger partial charge in [-0.2, -0.15) is 13.2 Å². The van der Waals surface area contributed by atoms with E-state index < -0.39 is 17.8 Å². The highest BCUT2D eigenvalue weighted by Gasteiger charge is 2.36. The largest absolute Gasteiger partial charge is 0.465 e. The van der Waals surface area contributed by atoms with Gasteiger partial charge in [0.1, 0.15) is 0 Å². The van der Waals surface area contributed by atoms with Crippen LogP contribution in [0.2, 0.25) is 0 Å². The number of rotatable bonds is 4. The molecule has 1 aromatic carbocycles. The summed E-state index contributed by atoms with van der Waals surface area (Å²) in [5.74, 6) is -0.302. The molecule has 0 aliphatic carbocycles. The summed E-state index contributed by atoms with van der Waals surface area (Å²) >= 11 is 0. The number of piperidine rings is 1. The van der Waals surface area contributed by atoms with Crippen LogP contribution in [0.4, 0.5) is 22.8 Å². The van der Waals surface area contributed by atoms with Gasteiger partial charge in [-0.05, 0) is 43.9 Å². The average Bonchev–Trinajstić information content (AvgIpc) is 2.76. The lowest BCUT2D eigenvalue weighted by atomic mass is 9.84. The van der Waals surface area contributed by atoms with Gasteiger partial charge in [0.2, 0.25) is 0 Å². The van der Waals surface area contributed by atoms with E-state index in [9.17, 15) is 27.9 Å². The molecule has 0 spiro atoms. The molecular formula is C22H30F3N3O4. The van der Waals surface area contributed by atoms with E-state index >= 15 is 0 Å². The first kappa shape index (κ1) is 24.2. The van der Waals surface area contributed by atoms with Gasteiger partial charge in [0.15, 0.2) is 0 Å². The molecule has 1 N–H and O–H groups in total. The van der Waals surface area contributed by atoms with Gasteiger partial charge in [0.25, 0.3) is 0 Å². The number of carboxylic acid groups (broad SMARTS) is 1. The molecule has 0 radical (unpaired) electrons. The first-order valence-electron chi connectivity index (χ1n) is 10.8. The lowest BCUT2D eigenvalue weighted by molar-refractivity contribution is -0.137. The van der Waals surface area contributed by atoms with Gasteiger partial charge in [-0.1, -0.05) is 12.1 Å². The zero-order chi connectivity index (χ0) is 23.5. The fourth-order valence-electron chi connectivity index (χ4n) is 4.42. The van der Waals surface area contributed by atoms with Crippen molar-refractivity contribution in [3.8, 4) is 0 Å². The molecule has 0 bridgehead atoms. The highest BCUT2D eigenvalue weighted by Crippen LogP contribution is 2.34. The molecule has 2 aliphatic rings.